The Morgan fingerprint density at radius 1 is 1.37 bits per heavy atom. The number of hydrogen-bond donors (Lipinski definition) is 6. The van der Waals surface area contributed by atoms with E-state index in [1.165, 1.54) is 19.2 Å². The van der Waals surface area contributed by atoms with Gasteiger partial charge in [0, 0.05) is 10.9 Å². The first-order chi connectivity index (χ1) is 17.7. The van der Waals surface area contributed by atoms with E-state index in [1.807, 2.05) is 0 Å². The van der Waals surface area contributed by atoms with Gasteiger partial charge in [0.05, 0.1) is 12.1 Å². The van der Waals surface area contributed by atoms with Gasteiger partial charge in [-0.15, -0.1) is 15.6 Å². The highest BCUT2D eigenvalue weighted by Gasteiger charge is 2.58. The Kier molecular flexibility index (Phi) is 8.52. The fraction of sp³-hybridized carbons (Fsp3) is 0.350. The minimum absolute atomic E-state index is 0.0121. The van der Waals surface area contributed by atoms with Gasteiger partial charge in [-0.25, -0.2) is 4.98 Å². The van der Waals surface area contributed by atoms with Crippen molar-refractivity contribution in [2.45, 2.75) is 31.5 Å². The fourth-order valence-electron chi connectivity index (χ4n) is 3.18. The number of hydrogen-bond acceptors (Lipinski definition) is 13. The second kappa shape index (κ2) is 11.3. The molecule has 1 aromatic carbocycles. The topological polar surface area (TPSA) is 253 Å². The highest BCUT2D eigenvalue weighted by molar-refractivity contribution is 7.80. The Hall–Kier alpha value is -3.84. The molecule has 1 saturated heterocycles. The number of thiazole rings is 1. The van der Waals surface area contributed by atoms with Gasteiger partial charge in [0.2, 0.25) is 0 Å². The SMILES string of the molecule is CC1(C)[C@H](NC(=O)/C(=N\O[C@@H](CO)COc2ccc(C(=N)N)cc2)c2csc(N)n2)C(=O)N1OS(=O)(=O)O. The number of nitrogen functional groups attached to an aromatic ring is 2. The molecule has 18 heteroatoms. The van der Waals surface area contributed by atoms with Gasteiger partial charge in [0.15, 0.2) is 16.9 Å². The number of β-lactam (4-membered cyclic amide) rings is 1. The molecule has 0 unspecified atom stereocenters. The van der Waals surface area contributed by atoms with Crippen LogP contribution in [0.15, 0.2) is 34.8 Å². The van der Waals surface area contributed by atoms with Crippen molar-refractivity contribution < 1.29 is 41.5 Å². The Morgan fingerprint density at radius 3 is 2.53 bits per heavy atom. The van der Waals surface area contributed by atoms with Crippen molar-refractivity contribution in [3.8, 4) is 5.75 Å². The van der Waals surface area contributed by atoms with E-state index < -0.39 is 46.5 Å². The monoisotopic (exact) mass is 571 g/mol. The normalized spacial score (nSPS) is 17.9. The predicted octanol–water partition coefficient (Wildman–Crippen LogP) is -0.990. The number of benzene rings is 1. The third kappa shape index (κ3) is 6.72. The van der Waals surface area contributed by atoms with Crippen LogP contribution in [0, 0.1) is 5.41 Å². The number of ether oxygens (including phenoxy) is 1. The second-order valence-electron chi connectivity index (χ2n) is 8.36. The van der Waals surface area contributed by atoms with Gasteiger partial charge in [-0.05, 0) is 38.1 Å². The number of aliphatic hydroxyl groups is 1. The molecule has 1 aliphatic rings. The van der Waals surface area contributed by atoms with E-state index in [1.54, 1.807) is 24.3 Å². The van der Waals surface area contributed by atoms with Gasteiger partial charge in [-0.1, -0.05) is 5.16 Å². The quantitative estimate of drug-likeness (QED) is 0.0590. The number of carbonyl (C=O) groups excluding carboxylic acids is 2. The average molecular weight is 572 g/mol. The van der Waals surface area contributed by atoms with Crippen LogP contribution in [-0.2, 0) is 29.1 Å². The number of aliphatic hydroxyl groups excluding tert-OH is 1. The molecular weight excluding hydrogens is 546 g/mol. The summed E-state index contributed by atoms with van der Waals surface area (Å²) in [5.41, 5.74) is 9.83. The third-order valence-electron chi connectivity index (χ3n) is 5.20. The van der Waals surface area contributed by atoms with E-state index in [2.05, 4.69) is 19.7 Å². The van der Waals surface area contributed by atoms with Gasteiger partial charge < -0.3 is 31.5 Å². The van der Waals surface area contributed by atoms with Crippen molar-refractivity contribution >= 4 is 50.2 Å². The molecule has 0 bridgehead atoms. The van der Waals surface area contributed by atoms with E-state index in [9.17, 15) is 23.1 Å². The maximum Gasteiger partial charge on any atom is 0.418 e. The van der Waals surface area contributed by atoms with E-state index in [-0.39, 0.29) is 29.0 Å². The van der Waals surface area contributed by atoms with Gasteiger partial charge in [0.25, 0.3) is 11.8 Å². The molecule has 2 atom stereocenters. The molecule has 0 radical (unpaired) electrons. The number of carbonyl (C=O) groups is 2. The molecule has 2 amide bonds. The Bertz CT molecular complexity index is 1340. The summed E-state index contributed by atoms with van der Waals surface area (Å²) in [4.78, 5) is 34.7. The molecule has 206 valence electrons. The van der Waals surface area contributed by atoms with Crippen LogP contribution in [0.2, 0.25) is 0 Å². The molecule has 1 fully saturated rings. The van der Waals surface area contributed by atoms with E-state index >= 15 is 0 Å². The van der Waals surface area contributed by atoms with Crippen LogP contribution >= 0.6 is 11.3 Å². The standard InChI is InChI=1S/C20H25N7O9S2/c1-20(2)15(18(30)27(20)36-38(31,32)33)25-17(29)14(13-9-37-19(23)24-13)26-35-12(7-28)8-34-11-5-3-10(4-6-11)16(21)22/h3-6,9,12,15,28H,7-8H2,1-2H3,(H3,21,22)(H2,23,24)(H,25,29)(H,31,32,33)/b26-14-/t12-,15+/m0/s1. The number of hydroxylamine groups is 2. The van der Waals surface area contributed by atoms with E-state index in [0.717, 1.165) is 11.3 Å². The van der Waals surface area contributed by atoms with E-state index in [0.29, 0.717) is 16.4 Å². The second-order valence-corrected chi connectivity index (χ2v) is 10.3. The third-order valence-corrected chi connectivity index (χ3v) is 6.21. The molecule has 0 saturated carbocycles. The summed E-state index contributed by atoms with van der Waals surface area (Å²) in [5, 5.41) is 25.2. The largest absolute Gasteiger partial charge is 0.490 e. The molecule has 3 rings (SSSR count). The van der Waals surface area contributed by atoms with Crippen molar-refractivity contribution in [1.82, 2.24) is 15.4 Å². The molecule has 2 heterocycles. The minimum Gasteiger partial charge on any atom is -0.490 e. The smallest absolute Gasteiger partial charge is 0.418 e. The van der Waals surface area contributed by atoms with Crippen molar-refractivity contribution in [2.75, 3.05) is 18.9 Å². The van der Waals surface area contributed by atoms with Crippen molar-refractivity contribution in [3.63, 3.8) is 0 Å². The van der Waals surface area contributed by atoms with Crippen LogP contribution in [0.5, 0.6) is 5.75 Å². The molecule has 0 spiro atoms. The Labute approximate surface area is 220 Å². The van der Waals surface area contributed by atoms with Crippen molar-refractivity contribution in [3.05, 3.63) is 40.9 Å². The summed E-state index contributed by atoms with van der Waals surface area (Å²) in [7, 11) is -4.97. The zero-order chi connectivity index (χ0) is 28.3. The summed E-state index contributed by atoms with van der Waals surface area (Å²) >= 11 is 1.01. The van der Waals surface area contributed by atoms with Crippen LogP contribution in [0.4, 0.5) is 5.13 Å². The summed E-state index contributed by atoms with van der Waals surface area (Å²) in [6.07, 6.45) is -1.03. The minimum atomic E-state index is -4.97. The highest BCUT2D eigenvalue weighted by atomic mass is 32.3. The zero-order valence-corrected chi connectivity index (χ0v) is 21.7. The first-order valence-electron chi connectivity index (χ1n) is 10.7. The van der Waals surface area contributed by atoms with Crippen LogP contribution in [0.1, 0.15) is 25.1 Å². The Balaban J connectivity index is 1.72. The molecule has 0 aliphatic carbocycles. The molecule has 2 aromatic rings. The van der Waals surface area contributed by atoms with Crippen LogP contribution in [-0.4, -0.2) is 82.4 Å². The molecule has 38 heavy (non-hydrogen) atoms. The molecule has 1 aromatic heterocycles. The maximum atomic E-state index is 13.0. The van der Waals surface area contributed by atoms with Gasteiger partial charge in [0.1, 0.15) is 29.9 Å². The number of aromatic nitrogens is 1. The molecule has 16 nitrogen and oxygen atoms in total. The maximum absolute atomic E-state index is 13.0. The molecule has 1 aliphatic heterocycles. The first-order valence-corrected chi connectivity index (χ1v) is 12.9. The van der Waals surface area contributed by atoms with Crippen LogP contribution < -0.4 is 21.5 Å². The van der Waals surface area contributed by atoms with Gasteiger partial charge in [-0.3, -0.25) is 19.6 Å². The molecule has 8 N–H and O–H groups in total. The van der Waals surface area contributed by atoms with E-state index in [4.69, 9.17) is 31.0 Å². The average Bonchev–Trinajstić information content (AvgIpc) is 3.28. The predicted molar refractivity (Wildman–Crippen MR) is 133 cm³/mol. The first kappa shape index (κ1) is 28.7. The van der Waals surface area contributed by atoms with Crippen molar-refractivity contribution in [1.29, 1.82) is 5.41 Å². The highest BCUT2D eigenvalue weighted by Crippen LogP contribution is 2.33. The summed E-state index contributed by atoms with van der Waals surface area (Å²) in [6, 6.07) is 5.03. The van der Waals surface area contributed by atoms with Gasteiger partial charge in [-0.2, -0.15) is 13.5 Å². The van der Waals surface area contributed by atoms with Gasteiger partial charge >= 0.3 is 10.4 Å². The number of nitrogens with zero attached hydrogens (tertiary/aromatic N) is 3. The summed E-state index contributed by atoms with van der Waals surface area (Å²) in [5.74, 6) is -1.59. The number of nitrogens with one attached hydrogen (secondary N) is 2. The lowest BCUT2D eigenvalue weighted by Gasteiger charge is -2.50. The number of amidine groups is 1. The lowest BCUT2D eigenvalue weighted by molar-refractivity contribution is -0.218. The zero-order valence-electron chi connectivity index (χ0n) is 20.0. The van der Waals surface area contributed by atoms with Crippen LogP contribution in [0.3, 0.4) is 0 Å². The van der Waals surface area contributed by atoms with Crippen molar-refractivity contribution in [2.24, 2.45) is 10.9 Å². The number of rotatable bonds is 12. The number of oxime groups is 1. The molecular formula is C20H25N7O9S2. The van der Waals surface area contributed by atoms with Crippen LogP contribution in [0.25, 0.3) is 0 Å². The number of amides is 2. The number of nitrogens with two attached hydrogens (primary N) is 2. The number of anilines is 1. The summed E-state index contributed by atoms with van der Waals surface area (Å²) in [6.45, 7) is 2.06. The summed E-state index contributed by atoms with van der Waals surface area (Å²) < 4.78 is 40.7. The Morgan fingerprint density at radius 2 is 2.03 bits per heavy atom. The lowest BCUT2D eigenvalue weighted by atomic mass is 9.84. The fourth-order valence-corrected chi connectivity index (χ4v) is 4.19. The lowest BCUT2D eigenvalue weighted by Crippen LogP contribution is -2.76.